The van der Waals surface area contributed by atoms with Gasteiger partial charge in [-0.05, 0) is 29.6 Å². The fourth-order valence-electron chi connectivity index (χ4n) is 1.19. The Bertz CT molecular complexity index is 326. The zero-order valence-electron chi connectivity index (χ0n) is 9.23. The number of amides is 1. The van der Waals surface area contributed by atoms with Gasteiger partial charge in [-0.1, -0.05) is 0 Å². The fourth-order valence-corrected chi connectivity index (χ4v) is 1.19. The van der Waals surface area contributed by atoms with Crippen LogP contribution in [0, 0.1) is 0 Å². The number of methoxy groups -OCH3 is 1. The molecule has 1 aromatic heterocycles. The van der Waals surface area contributed by atoms with Gasteiger partial charge in [0.25, 0.3) is 5.91 Å². The molecule has 0 aliphatic heterocycles. The summed E-state index contributed by atoms with van der Waals surface area (Å²) in [5.41, 5.74) is 5.41. The van der Waals surface area contributed by atoms with Crippen LogP contribution < -0.4 is 11.1 Å². The van der Waals surface area contributed by atoms with Gasteiger partial charge in [-0.3, -0.25) is 4.79 Å². The van der Waals surface area contributed by atoms with E-state index in [1.54, 1.807) is 7.11 Å². The molecular weight excluding hydrogens is 212 g/mol. The number of ether oxygens (including phenoxy) is 1. The van der Waals surface area contributed by atoms with Crippen molar-refractivity contribution in [2.24, 2.45) is 0 Å². The van der Waals surface area contributed by atoms with Crippen LogP contribution in [0.1, 0.15) is 29.8 Å². The highest BCUT2D eigenvalue weighted by atomic mass is 16.6. The molecule has 0 spiro atoms. The molecule has 3 N–H and O–H groups in total. The standard InChI is InChI=1S/C9H16N4O3/c1-15-6-4-2-3-5-11-9(14)7-8(10)13-16-12-7/h2-6H2,1H3,(H2,10,13)(H,11,14). The molecule has 1 amide bonds. The molecule has 0 atom stereocenters. The molecule has 0 aliphatic rings. The zero-order chi connectivity index (χ0) is 11.8. The Morgan fingerprint density at radius 1 is 1.44 bits per heavy atom. The predicted octanol–water partition coefficient (Wildman–Crippen LogP) is 0.198. The quantitative estimate of drug-likeness (QED) is 0.646. The van der Waals surface area contributed by atoms with Gasteiger partial charge in [0.1, 0.15) is 0 Å². The second-order valence-electron chi connectivity index (χ2n) is 3.31. The maximum Gasteiger partial charge on any atom is 0.277 e. The van der Waals surface area contributed by atoms with Gasteiger partial charge in [-0.25, -0.2) is 4.63 Å². The number of nitrogen functional groups attached to an aromatic ring is 1. The van der Waals surface area contributed by atoms with Crippen molar-refractivity contribution in [3.8, 4) is 0 Å². The second kappa shape index (κ2) is 6.78. The third-order valence-corrected chi connectivity index (χ3v) is 2.04. The van der Waals surface area contributed by atoms with Crippen LogP contribution >= 0.6 is 0 Å². The van der Waals surface area contributed by atoms with Crippen LogP contribution in [0.2, 0.25) is 0 Å². The lowest BCUT2D eigenvalue weighted by molar-refractivity contribution is 0.0943. The minimum absolute atomic E-state index is 0.0110. The molecule has 0 bridgehead atoms. The molecular formula is C9H16N4O3. The lowest BCUT2D eigenvalue weighted by Crippen LogP contribution is -2.25. The van der Waals surface area contributed by atoms with Gasteiger partial charge < -0.3 is 15.8 Å². The first kappa shape index (κ1) is 12.4. The van der Waals surface area contributed by atoms with E-state index in [1.165, 1.54) is 0 Å². The number of unbranched alkanes of at least 4 members (excludes halogenated alkanes) is 2. The number of carbonyl (C=O) groups excluding carboxylic acids is 1. The molecule has 90 valence electrons. The lowest BCUT2D eigenvalue weighted by Gasteiger charge is -2.02. The molecule has 0 fully saturated rings. The fraction of sp³-hybridized carbons (Fsp3) is 0.667. The summed E-state index contributed by atoms with van der Waals surface area (Å²) in [4.78, 5) is 11.4. The number of carbonyl (C=O) groups is 1. The Hall–Kier alpha value is -1.63. The van der Waals surface area contributed by atoms with E-state index in [1.807, 2.05) is 0 Å². The number of nitrogens with zero attached hydrogens (tertiary/aromatic N) is 2. The molecule has 0 radical (unpaired) electrons. The average Bonchev–Trinajstić information content (AvgIpc) is 2.69. The van der Waals surface area contributed by atoms with Gasteiger partial charge >= 0.3 is 0 Å². The van der Waals surface area contributed by atoms with E-state index in [9.17, 15) is 4.79 Å². The van der Waals surface area contributed by atoms with Crippen molar-refractivity contribution in [2.75, 3.05) is 26.0 Å². The van der Waals surface area contributed by atoms with E-state index in [4.69, 9.17) is 10.5 Å². The summed E-state index contributed by atoms with van der Waals surface area (Å²) in [6, 6.07) is 0. The normalized spacial score (nSPS) is 10.3. The van der Waals surface area contributed by atoms with Gasteiger partial charge in [0.15, 0.2) is 0 Å². The SMILES string of the molecule is COCCCCCNC(=O)c1nonc1N. The molecule has 0 aliphatic carbocycles. The van der Waals surface area contributed by atoms with Crippen LogP contribution in [0.15, 0.2) is 4.63 Å². The molecule has 7 nitrogen and oxygen atoms in total. The molecule has 0 unspecified atom stereocenters. The van der Waals surface area contributed by atoms with E-state index in [0.29, 0.717) is 6.54 Å². The summed E-state index contributed by atoms with van der Waals surface area (Å²) < 4.78 is 9.23. The van der Waals surface area contributed by atoms with Gasteiger partial charge in [0, 0.05) is 20.3 Å². The van der Waals surface area contributed by atoms with E-state index in [0.717, 1.165) is 25.9 Å². The molecule has 1 heterocycles. The number of nitrogens with one attached hydrogen (secondary N) is 1. The maximum atomic E-state index is 11.4. The molecule has 0 aromatic carbocycles. The van der Waals surface area contributed by atoms with Crippen molar-refractivity contribution in [1.82, 2.24) is 15.6 Å². The molecule has 1 aromatic rings. The van der Waals surface area contributed by atoms with Gasteiger partial charge in [0.2, 0.25) is 11.5 Å². The first-order valence-electron chi connectivity index (χ1n) is 5.11. The first-order valence-corrected chi connectivity index (χ1v) is 5.11. The topological polar surface area (TPSA) is 103 Å². The van der Waals surface area contributed by atoms with Crippen molar-refractivity contribution < 1.29 is 14.2 Å². The smallest absolute Gasteiger partial charge is 0.277 e. The van der Waals surface area contributed by atoms with E-state index >= 15 is 0 Å². The highest BCUT2D eigenvalue weighted by molar-refractivity contribution is 5.95. The van der Waals surface area contributed by atoms with E-state index < -0.39 is 0 Å². The minimum atomic E-state index is -0.356. The third-order valence-electron chi connectivity index (χ3n) is 2.04. The highest BCUT2D eigenvalue weighted by Crippen LogP contribution is 2.03. The summed E-state index contributed by atoms with van der Waals surface area (Å²) >= 11 is 0. The second-order valence-corrected chi connectivity index (χ2v) is 3.31. The van der Waals surface area contributed by atoms with E-state index in [-0.39, 0.29) is 17.4 Å². The molecule has 0 saturated carbocycles. The van der Waals surface area contributed by atoms with E-state index in [2.05, 4.69) is 20.3 Å². The number of hydrogen-bond donors (Lipinski definition) is 2. The van der Waals surface area contributed by atoms with Crippen LogP contribution in [0.3, 0.4) is 0 Å². The Kier molecular flexibility index (Phi) is 5.27. The Morgan fingerprint density at radius 2 is 2.25 bits per heavy atom. The lowest BCUT2D eigenvalue weighted by atomic mass is 10.2. The molecule has 7 heteroatoms. The van der Waals surface area contributed by atoms with Crippen LogP contribution in [-0.2, 0) is 4.74 Å². The Morgan fingerprint density at radius 3 is 2.88 bits per heavy atom. The van der Waals surface area contributed by atoms with Crippen LogP contribution in [0.5, 0.6) is 0 Å². The van der Waals surface area contributed by atoms with Crippen molar-refractivity contribution in [1.29, 1.82) is 0 Å². The van der Waals surface area contributed by atoms with Gasteiger partial charge in [-0.2, -0.15) is 0 Å². The summed E-state index contributed by atoms with van der Waals surface area (Å²) in [7, 11) is 1.67. The third kappa shape index (κ3) is 3.85. The first-order chi connectivity index (χ1) is 7.75. The summed E-state index contributed by atoms with van der Waals surface area (Å²) in [6.07, 6.45) is 2.88. The summed E-state index contributed by atoms with van der Waals surface area (Å²) in [5, 5.41) is 9.40. The summed E-state index contributed by atoms with van der Waals surface area (Å²) in [5.74, 6) is -0.345. The molecule has 0 saturated heterocycles. The van der Waals surface area contributed by atoms with Crippen molar-refractivity contribution in [2.45, 2.75) is 19.3 Å². The van der Waals surface area contributed by atoms with Crippen molar-refractivity contribution >= 4 is 11.7 Å². The molecule has 1 rings (SSSR count). The number of aromatic nitrogens is 2. The number of nitrogens with two attached hydrogens (primary N) is 1. The monoisotopic (exact) mass is 228 g/mol. The maximum absolute atomic E-state index is 11.4. The van der Waals surface area contributed by atoms with Gasteiger partial charge in [-0.15, -0.1) is 0 Å². The van der Waals surface area contributed by atoms with Crippen LogP contribution in [0.4, 0.5) is 5.82 Å². The zero-order valence-corrected chi connectivity index (χ0v) is 9.23. The van der Waals surface area contributed by atoms with Crippen LogP contribution in [-0.4, -0.2) is 36.5 Å². The average molecular weight is 228 g/mol. The van der Waals surface area contributed by atoms with Crippen LogP contribution in [0.25, 0.3) is 0 Å². The minimum Gasteiger partial charge on any atom is -0.385 e. The number of rotatable bonds is 7. The largest absolute Gasteiger partial charge is 0.385 e. The van der Waals surface area contributed by atoms with Gasteiger partial charge in [0.05, 0.1) is 0 Å². The predicted molar refractivity (Wildman–Crippen MR) is 56.8 cm³/mol. The highest BCUT2D eigenvalue weighted by Gasteiger charge is 2.14. The number of anilines is 1. The number of hydrogen-bond acceptors (Lipinski definition) is 6. The summed E-state index contributed by atoms with van der Waals surface area (Å²) in [6.45, 7) is 1.32. The van der Waals surface area contributed by atoms with Crippen molar-refractivity contribution in [3.05, 3.63) is 5.69 Å². The Balaban J connectivity index is 2.14. The van der Waals surface area contributed by atoms with Crippen molar-refractivity contribution in [3.63, 3.8) is 0 Å². The Labute approximate surface area is 93.3 Å². The molecule has 16 heavy (non-hydrogen) atoms.